The number of carbonyl (C=O) groups is 1. The van der Waals surface area contributed by atoms with Crippen LogP contribution in [0, 0.1) is 24.5 Å². The minimum atomic E-state index is -4.30. The second-order valence-electron chi connectivity index (χ2n) is 12.0. The maximum Gasteiger partial charge on any atom is 0.281 e. The Kier molecular flexibility index (Phi) is 8.58. The van der Waals surface area contributed by atoms with Crippen LogP contribution in [0.1, 0.15) is 55.8 Å². The fraction of sp³-hybridized carbons (Fsp3) is 0.333. The number of nitrogens with zero attached hydrogens (tertiary/aromatic N) is 4. The number of fused-ring (bicyclic) bond motifs is 1. The van der Waals surface area contributed by atoms with E-state index in [1.165, 1.54) is 17.0 Å². The van der Waals surface area contributed by atoms with Gasteiger partial charge in [0.2, 0.25) is 0 Å². The summed E-state index contributed by atoms with van der Waals surface area (Å²) in [5, 5.41) is 10.5. The maximum absolute atomic E-state index is 16.1. The highest BCUT2D eigenvalue weighted by atomic mass is 32.2. The molecule has 1 aliphatic heterocycles. The third-order valence-corrected chi connectivity index (χ3v) is 9.56. The SMILES string of the molecule is C=C(F)C(=O)N1CCC(c2c(S(C)(=O)=O)c(=O)n(-c3c(C)ccnc3C(C)C)c3nc(-c4c(O)cccc4F)c(F)cc23)[C@@H](C)C1. The third kappa shape index (κ3) is 5.57. The Bertz CT molecular complexity index is 2080. The van der Waals surface area contributed by atoms with Crippen LogP contribution in [0.25, 0.3) is 28.0 Å². The molecule has 0 saturated carbocycles. The number of rotatable bonds is 6. The zero-order valence-electron chi connectivity index (χ0n) is 25.9. The second-order valence-corrected chi connectivity index (χ2v) is 14.0. The van der Waals surface area contributed by atoms with Gasteiger partial charge in [-0.25, -0.2) is 26.6 Å². The minimum absolute atomic E-state index is 0.000713. The number of sulfone groups is 1. The van der Waals surface area contributed by atoms with Gasteiger partial charge in [-0.3, -0.25) is 19.1 Å². The molecule has 13 heteroatoms. The summed E-state index contributed by atoms with van der Waals surface area (Å²) >= 11 is 0. The van der Waals surface area contributed by atoms with Crippen molar-refractivity contribution < 1.29 is 31.5 Å². The molecule has 0 aliphatic carbocycles. The fourth-order valence-corrected chi connectivity index (χ4v) is 7.42. The van der Waals surface area contributed by atoms with Gasteiger partial charge in [-0.2, -0.15) is 0 Å². The molecule has 1 fully saturated rings. The quantitative estimate of drug-likeness (QED) is 0.265. The number of aryl methyl sites for hydroxylation is 1. The fourth-order valence-electron chi connectivity index (χ4n) is 6.35. The molecule has 4 heterocycles. The van der Waals surface area contributed by atoms with Crippen LogP contribution in [0.15, 0.2) is 58.6 Å². The Hall–Kier alpha value is -4.52. The van der Waals surface area contributed by atoms with E-state index in [1.54, 1.807) is 26.1 Å². The van der Waals surface area contributed by atoms with Crippen LogP contribution in [-0.4, -0.2) is 58.2 Å². The molecule has 2 atom stereocenters. The molecule has 1 N–H and O–H groups in total. The van der Waals surface area contributed by atoms with Crippen molar-refractivity contribution in [3.63, 3.8) is 0 Å². The van der Waals surface area contributed by atoms with Gasteiger partial charge < -0.3 is 10.0 Å². The molecule has 242 valence electrons. The molecule has 1 amide bonds. The van der Waals surface area contributed by atoms with Crippen molar-refractivity contribution in [3.8, 4) is 22.7 Å². The van der Waals surface area contributed by atoms with Gasteiger partial charge in [0.25, 0.3) is 11.5 Å². The first-order valence-corrected chi connectivity index (χ1v) is 16.5. The van der Waals surface area contributed by atoms with Crippen molar-refractivity contribution in [2.24, 2.45) is 5.92 Å². The topological polar surface area (TPSA) is 122 Å². The van der Waals surface area contributed by atoms with Gasteiger partial charge in [0.05, 0.1) is 16.9 Å². The Balaban J connectivity index is 1.96. The molecule has 4 aromatic rings. The molecule has 0 bridgehead atoms. The number of halogens is 3. The predicted octanol–water partition coefficient (Wildman–Crippen LogP) is 5.70. The number of aromatic nitrogens is 3. The van der Waals surface area contributed by atoms with Gasteiger partial charge in [0.1, 0.15) is 27.8 Å². The number of pyridine rings is 3. The number of piperidine rings is 1. The normalized spacial score (nSPS) is 17.1. The lowest BCUT2D eigenvalue weighted by Gasteiger charge is -2.38. The van der Waals surface area contributed by atoms with Gasteiger partial charge in [0, 0.05) is 30.9 Å². The first-order valence-electron chi connectivity index (χ1n) is 14.6. The van der Waals surface area contributed by atoms with Crippen molar-refractivity contribution in [1.29, 1.82) is 0 Å². The van der Waals surface area contributed by atoms with Crippen molar-refractivity contribution in [2.75, 3.05) is 19.3 Å². The van der Waals surface area contributed by atoms with Crippen LogP contribution < -0.4 is 5.56 Å². The van der Waals surface area contributed by atoms with E-state index >= 15 is 8.78 Å². The lowest BCUT2D eigenvalue weighted by molar-refractivity contribution is -0.130. The predicted molar refractivity (Wildman–Crippen MR) is 167 cm³/mol. The van der Waals surface area contributed by atoms with E-state index in [0.717, 1.165) is 23.0 Å². The van der Waals surface area contributed by atoms with Crippen molar-refractivity contribution in [2.45, 2.75) is 50.8 Å². The van der Waals surface area contributed by atoms with Gasteiger partial charge in [-0.15, -0.1) is 0 Å². The van der Waals surface area contributed by atoms with Crippen molar-refractivity contribution in [3.05, 3.63) is 87.7 Å². The Morgan fingerprint density at radius 2 is 1.87 bits per heavy atom. The molecular weight excluding hydrogens is 621 g/mol. The zero-order valence-corrected chi connectivity index (χ0v) is 26.8. The molecule has 3 aromatic heterocycles. The number of likely N-dealkylation sites (tertiary alicyclic amines) is 1. The lowest BCUT2D eigenvalue weighted by atomic mass is 9.80. The highest BCUT2D eigenvalue weighted by Crippen LogP contribution is 2.42. The summed E-state index contributed by atoms with van der Waals surface area (Å²) in [7, 11) is -4.30. The van der Waals surface area contributed by atoms with E-state index in [-0.39, 0.29) is 47.7 Å². The van der Waals surface area contributed by atoms with E-state index in [2.05, 4.69) is 16.5 Å². The first-order chi connectivity index (χ1) is 21.5. The Morgan fingerprint density at radius 1 is 1.17 bits per heavy atom. The average Bonchev–Trinajstić information content (AvgIpc) is 2.96. The smallest absolute Gasteiger partial charge is 0.281 e. The van der Waals surface area contributed by atoms with Gasteiger partial charge in [-0.05, 0) is 66.5 Å². The number of benzene rings is 1. The first kappa shape index (κ1) is 32.9. The number of hydrogen-bond donors (Lipinski definition) is 1. The van der Waals surface area contributed by atoms with E-state index in [0.29, 0.717) is 11.3 Å². The number of amides is 1. The van der Waals surface area contributed by atoms with Crippen LogP contribution in [0.5, 0.6) is 5.75 Å². The lowest BCUT2D eigenvalue weighted by Crippen LogP contribution is -2.43. The van der Waals surface area contributed by atoms with Crippen LogP contribution in [-0.2, 0) is 14.6 Å². The van der Waals surface area contributed by atoms with Gasteiger partial charge in [0.15, 0.2) is 21.5 Å². The number of phenols is 1. The maximum atomic E-state index is 16.1. The minimum Gasteiger partial charge on any atom is -0.507 e. The standard InChI is InChI=1S/C33H33F3N4O5S/c1-16(2)27-29(17(3)10-12-37-27)40-31-21(14-23(36)28(38-31)26-22(35)8-7-9-24(26)41)25(30(33(40)43)46(6,44)45)20-11-13-39(15-18(20)4)32(42)19(5)34/h7-10,12,14,16,18,20,41H,5,11,13,15H2,1-4,6H3/t18-,20?/m0/s1. The molecule has 9 nitrogen and oxygen atoms in total. The number of hydrogen-bond acceptors (Lipinski definition) is 7. The van der Waals surface area contributed by atoms with Gasteiger partial charge in [-0.1, -0.05) is 33.4 Å². The van der Waals surface area contributed by atoms with Crippen molar-refractivity contribution >= 4 is 26.8 Å². The molecular formula is C33H33F3N4O5S. The van der Waals surface area contributed by atoms with Crippen LogP contribution in [0.2, 0.25) is 0 Å². The van der Waals surface area contributed by atoms with Crippen molar-refractivity contribution in [1.82, 2.24) is 19.4 Å². The molecule has 46 heavy (non-hydrogen) atoms. The van der Waals surface area contributed by atoms with E-state index in [9.17, 15) is 27.5 Å². The zero-order chi connectivity index (χ0) is 33.8. The van der Waals surface area contributed by atoms with E-state index < -0.39 is 72.5 Å². The summed E-state index contributed by atoms with van der Waals surface area (Å²) in [6.45, 7) is 10.2. The molecule has 1 unspecified atom stereocenters. The summed E-state index contributed by atoms with van der Waals surface area (Å²) in [6.07, 6.45) is 2.54. The highest BCUT2D eigenvalue weighted by molar-refractivity contribution is 7.90. The third-order valence-electron chi connectivity index (χ3n) is 8.42. The number of carbonyl (C=O) groups excluding carboxylic acids is 1. The summed E-state index contributed by atoms with van der Waals surface area (Å²) in [5.41, 5.74) is -1.04. The molecule has 5 rings (SSSR count). The largest absolute Gasteiger partial charge is 0.507 e. The molecule has 1 aliphatic rings. The van der Waals surface area contributed by atoms with Crippen LogP contribution in [0.4, 0.5) is 13.2 Å². The summed E-state index contributed by atoms with van der Waals surface area (Å²) in [4.78, 5) is 36.6. The summed E-state index contributed by atoms with van der Waals surface area (Å²) in [6, 6.07) is 6.06. The highest BCUT2D eigenvalue weighted by Gasteiger charge is 2.38. The summed E-state index contributed by atoms with van der Waals surface area (Å²) in [5.74, 6) is -6.13. The molecule has 0 radical (unpaired) electrons. The molecule has 1 aromatic carbocycles. The number of aromatic hydroxyl groups is 1. The Morgan fingerprint density at radius 3 is 2.46 bits per heavy atom. The van der Waals surface area contributed by atoms with Crippen LogP contribution >= 0.6 is 0 Å². The average molecular weight is 655 g/mol. The second kappa shape index (κ2) is 12.0. The Labute approximate surface area is 264 Å². The van der Waals surface area contributed by atoms with Gasteiger partial charge >= 0.3 is 0 Å². The van der Waals surface area contributed by atoms with Crippen LogP contribution in [0.3, 0.4) is 0 Å². The molecule has 0 spiro atoms. The summed E-state index contributed by atoms with van der Waals surface area (Å²) < 4.78 is 73.0. The molecule has 1 saturated heterocycles. The van der Waals surface area contributed by atoms with E-state index in [1.807, 2.05) is 13.8 Å². The van der Waals surface area contributed by atoms with E-state index in [4.69, 9.17) is 0 Å². The number of phenolic OH excluding ortho intramolecular Hbond substituents is 1. The monoisotopic (exact) mass is 654 g/mol.